The van der Waals surface area contributed by atoms with Crippen LogP contribution in [0.15, 0.2) is 77.9 Å². The maximum atomic E-state index is 5.49. The number of ether oxygens (including phenoxy) is 3. The van der Waals surface area contributed by atoms with E-state index in [0.717, 1.165) is 11.3 Å². The number of rotatable bonds is 6. The van der Waals surface area contributed by atoms with Crippen molar-refractivity contribution in [2.75, 3.05) is 18.9 Å². The van der Waals surface area contributed by atoms with Crippen LogP contribution in [0.4, 0.5) is 5.69 Å². The zero-order chi connectivity index (χ0) is 18.5. The van der Waals surface area contributed by atoms with Crippen molar-refractivity contribution in [3.63, 3.8) is 0 Å². The van der Waals surface area contributed by atoms with E-state index in [9.17, 15) is 0 Å². The molecule has 3 aromatic carbocycles. The van der Waals surface area contributed by atoms with Gasteiger partial charge in [0.1, 0.15) is 0 Å². The van der Waals surface area contributed by atoms with Crippen LogP contribution in [0.1, 0.15) is 11.1 Å². The van der Waals surface area contributed by atoms with E-state index in [4.69, 9.17) is 19.3 Å². The lowest BCUT2D eigenvalue weighted by Crippen LogP contribution is -2.16. The van der Waals surface area contributed by atoms with Gasteiger partial charge in [-0.05, 0) is 29.8 Å². The topological polar surface area (TPSA) is 43.3 Å². The molecule has 0 bridgehead atoms. The second kappa shape index (κ2) is 7.83. The fourth-order valence-electron chi connectivity index (χ4n) is 2.92. The summed E-state index contributed by atoms with van der Waals surface area (Å²) in [6.45, 7) is 0.874. The Morgan fingerprint density at radius 2 is 1.74 bits per heavy atom. The van der Waals surface area contributed by atoms with Crippen LogP contribution in [-0.2, 0) is 6.54 Å². The molecule has 0 atom stereocenters. The highest BCUT2D eigenvalue weighted by molar-refractivity contribution is 5.83. The van der Waals surface area contributed by atoms with Gasteiger partial charge in [-0.25, -0.2) is 0 Å². The molecule has 0 saturated heterocycles. The van der Waals surface area contributed by atoms with Gasteiger partial charge in [0, 0.05) is 5.56 Å². The first kappa shape index (κ1) is 17.0. The third-order valence-corrected chi connectivity index (χ3v) is 4.26. The number of hydrogen-bond acceptors (Lipinski definition) is 5. The molecule has 0 unspecified atom stereocenters. The molecule has 0 aliphatic carbocycles. The summed E-state index contributed by atoms with van der Waals surface area (Å²) >= 11 is 0. The van der Waals surface area contributed by atoms with Gasteiger partial charge in [-0.2, -0.15) is 5.10 Å². The number of fused-ring (bicyclic) bond motifs is 1. The van der Waals surface area contributed by atoms with Crippen LogP contribution >= 0.6 is 0 Å². The molecule has 0 spiro atoms. The SMILES string of the molecule is COc1cc(/C=N\N(Cc2ccccc2)c2ccccc2)cc2c1OCO2. The van der Waals surface area contributed by atoms with Crippen LogP contribution < -0.4 is 19.2 Å². The number of para-hydroxylation sites is 1. The van der Waals surface area contributed by atoms with Crippen molar-refractivity contribution in [2.24, 2.45) is 5.10 Å². The van der Waals surface area contributed by atoms with Crippen LogP contribution in [0.5, 0.6) is 17.2 Å². The van der Waals surface area contributed by atoms with E-state index >= 15 is 0 Å². The normalized spacial score (nSPS) is 12.3. The first-order valence-corrected chi connectivity index (χ1v) is 8.71. The molecule has 1 heterocycles. The minimum atomic E-state index is 0.205. The monoisotopic (exact) mass is 360 g/mol. The maximum absolute atomic E-state index is 5.49. The zero-order valence-electron chi connectivity index (χ0n) is 15.0. The van der Waals surface area contributed by atoms with E-state index in [-0.39, 0.29) is 6.79 Å². The molecule has 3 aromatic rings. The second-order valence-corrected chi connectivity index (χ2v) is 6.08. The van der Waals surface area contributed by atoms with E-state index in [2.05, 4.69) is 12.1 Å². The molecule has 27 heavy (non-hydrogen) atoms. The smallest absolute Gasteiger partial charge is 0.231 e. The minimum absolute atomic E-state index is 0.205. The van der Waals surface area contributed by atoms with E-state index in [0.29, 0.717) is 23.8 Å². The summed E-state index contributed by atoms with van der Waals surface area (Å²) in [5, 5.41) is 6.68. The average Bonchev–Trinajstić information content (AvgIpc) is 3.20. The molecule has 136 valence electrons. The number of hydrogen-bond donors (Lipinski definition) is 0. The quantitative estimate of drug-likeness (QED) is 0.481. The number of hydrazone groups is 1. The summed E-state index contributed by atoms with van der Waals surface area (Å²) in [6, 6.07) is 24.2. The minimum Gasteiger partial charge on any atom is -0.493 e. The van der Waals surface area contributed by atoms with Crippen LogP contribution in [-0.4, -0.2) is 20.1 Å². The van der Waals surface area contributed by atoms with Gasteiger partial charge in [-0.3, -0.25) is 5.01 Å². The zero-order valence-corrected chi connectivity index (χ0v) is 15.0. The van der Waals surface area contributed by atoms with E-state index in [1.807, 2.05) is 65.7 Å². The van der Waals surface area contributed by atoms with Gasteiger partial charge in [0.05, 0.1) is 25.6 Å². The molecule has 0 N–H and O–H groups in total. The van der Waals surface area contributed by atoms with Crippen LogP contribution in [0.25, 0.3) is 0 Å². The second-order valence-electron chi connectivity index (χ2n) is 6.08. The summed E-state index contributed by atoms with van der Waals surface area (Å²) < 4.78 is 16.3. The highest BCUT2D eigenvalue weighted by Gasteiger charge is 2.19. The standard InChI is InChI=1S/C22H20N2O3/c1-25-20-12-18(13-21-22(20)27-16-26-21)14-23-24(19-10-6-3-7-11-19)15-17-8-4-2-5-9-17/h2-14H,15-16H2,1H3/b23-14-. The lowest BCUT2D eigenvalue weighted by atomic mass is 10.2. The van der Waals surface area contributed by atoms with Gasteiger partial charge in [0.25, 0.3) is 0 Å². The van der Waals surface area contributed by atoms with E-state index < -0.39 is 0 Å². The molecular weight excluding hydrogens is 340 g/mol. The molecule has 0 radical (unpaired) electrons. The molecule has 0 saturated carbocycles. The molecule has 5 nitrogen and oxygen atoms in total. The number of anilines is 1. The van der Waals surface area contributed by atoms with Crippen molar-refractivity contribution in [2.45, 2.75) is 6.54 Å². The van der Waals surface area contributed by atoms with Crippen molar-refractivity contribution < 1.29 is 14.2 Å². The van der Waals surface area contributed by atoms with E-state index in [1.165, 1.54) is 5.56 Å². The molecule has 0 amide bonds. The Kier molecular flexibility index (Phi) is 4.92. The van der Waals surface area contributed by atoms with Crippen LogP contribution in [0.3, 0.4) is 0 Å². The summed E-state index contributed by atoms with van der Waals surface area (Å²) in [7, 11) is 1.61. The molecule has 0 aromatic heterocycles. The fraction of sp³-hybridized carbons (Fsp3) is 0.136. The fourth-order valence-corrected chi connectivity index (χ4v) is 2.92. The number of benzene rings is 3. The molecule has 0 fully saturated rings. The maximum Gasteiger partial charge on any atom is 0.231 e. The Hall–Kier alpha value is -3.47. The third-order valence-electron chi connectivity index (χ3n) is 4.26. The summed E-state index contributed by atoms with van der Waals surface area (Å²) in [5.41, 5.74) is 3.08. The van der Waals surface area contributed by atoms with E-state index in [1.54, 1.807) is 13.3 Å². The Balaban J connectivity index is 1.63. The van der Waals surface area contributed by atoms with Crippen molar-refractivity contribution in [1.82, 2.24) is 0 Å². The van der Waals surface area contributed by atoms with Crippen molar-refractivity contribution in [3.05, 3.63) is 83.9 Å². The van der Waals surface area contributed by atoms with Gasteiger partial charge in [-0.15, -0.1) is 0 Å². The van der Waals surface area contributed by atoms with Crippen molar-refractivity contribution in [3.8, 4) is 17.2 Å². The number of nitrogens with zero attached hydrogens (tertiary/aromatic N) is 2. The molecule has 5 heteroatoms. The third kappa shape index (κ3) is 3.87. The first-order valence-electron chi connectivity index (χ1n) is 8.71. The predicted molar refractivity (Wildman–Crippen MR) is 106 cm³/mol. The Morgan fingerprint density at radius 1 is 1.00 bits per heavy atom. The first-order chi connectivity index (χ1) is 13.3. The lowest BCUT2D eigenvalue weighted by molar-refractivity contribution is 0.171. The molecule has 1 aliphatic heterocycles. The molecule has 4 rings (SSSR count). The molecule has 1 aliphatic rings. The van der Waals surface area contributed by atoms with Gasteiger partial charge in [0.15, 0.2) is 11.5 Å². The van der Waals surface area contributed by atoms with Crippen molar-refractivity contribution in [1.29, 1.82) is 0 Å². The number of methoxy groups -OCH3 is 1. The largest absolute Gasteiger partial charge is 0.493 e. The van der Waals surface area contributed by atoms with Crippen molar-refractivity contribution >= 4 is 11.9 Å². The molecular formula is C22H20N2O3. The Bertz CT molecular complexity index is 927. The summed E-state index contributed by atoms with van der Waals surface area (Å²) in [4.78, 5) is 0. The highest BCUT2D eigenvalue weighted by Crippen LogP contribution is 2.41. The van der Waals surface area contributed by atoms with Gasteiger partial charge in [0.2, 0.25) is 12.5 Å². The lowest BCUT2D eigenvalue weighted by Gasteiger charge is -2.19. The van der Waals surface area contributed by atoms with Gasteiger partial charge in [-0.1, -0.05) is 48.5 Å². The van der Waals surface area contributed by atoms with Crippen LogP contribution in [0, 0.1) is 0 Å². The summed E-state index contributed by atoms with van der Waals surface area (Å²) in [5.74, 6) is 1.95. The Labute approximate surface area is 158 Å². The van der Waals surface area contributed by atoms with Gasteiger partial charge < -0.3 is 14.2 Å². The summed E-state index contributed by atoms with van der Waals surface area (Å²) in [6.07, 6.45) is 1.81. The predicted octanol–water partition coefficient (Wildman–Crippen LogP) is 4.46. The Morgan fingerprint density at radius 3 is 2.48 bits per heavy atom. The van der Waals surface area contributed by atoms with Gasteiger partial charge >= 0.3 is 0 Å². The van der Waals surface area contributed by atoms with Crippen LogP contribution in [0.2, 0.25) is 0 Å². The average molecular weight is 360 g/mol. The highest BCUT2D eigenvalue weighted by atomic mass is 16.7.